The molecule has 0 saturated heterocycles. The zero-order valence-corrected chi connectivity index (χ0v) is 13.0. The van der Waals surface area contributed by atoms with Crippen LogP contribution in [0.3, 0.4) is 0 Å². The molecule has 0 aliphatic rings. The number of halogens is 2. The summed E-state index contributed by atoms with van der Waals surface area (Å²) in [5, 5.41) is 3.21. The molecular formula is C15H15BrFNS. The summed E-state index contributed by atoms with van der Waals surface area (Å²) >= 11 is 4.97. The van der Waals surface area contributed by atoms with E-state index in [1.807, 2.05) is 37.3 Å². The molecule has 2 aromatic rings. The van der Waals surface area contributed by atoms with E-state index in [0.717, 1.165) is 26.4 Å². The van der Waals surface area contributed by atoms with E-state index in [0.29, 0.717) is 6.54 Å². The molecule has 19 heavy (non-hydrogen) atoms. The number of hydrogen-bond acceptors (Lipinski definition) is 2. The Kier molecular flexibility index (Phi) is 5.43. The van der Waals surface area contributed by atoms with Gasteiger partial charge in [0.25, 0.3) is 0 Å². The van der Waals surface area contributed by atoms with Crippen LogP contribution in [0.15, 0.2) is 56.7 Å². The molecule has 0 aromatic heterocycles. The van der Waals surface area contributed by atoms with Crippen molar-refractivity contribution in [3.8, 4) is 0 Å². The van der Waals surface area contributed by atoms with Crippen molar-refractivity contribution < 1.29 is 4.39 Å². The van der Waals surface area contributed by atoms with Crippen molar-refractivity contribution in [2.24, 2.45) is 0 Å². The van der Waals surface area contributed by atoms with Gasteiger partial charge in [-0.25, -0.2) is 4.39 Å². The third-order valence-corrected chi connectivity index (χ3v) is 4.07. The highest BCUT2D eigenvalue weighted by Gasteiger charge is 2.03. The third kappa shape index (κ3) is 4.64. The molecule has 0 radical (unpaired) electrons. The fourth-order valence-electron chi connectivity index (χ4n) is 1.69. The largest absolute Gasteiger partial charge is 0.313 e. The minimum absolute atomic E-state index is 0.185. The summed E-state index contributed by atoms with van der Waals surface area (Å²) in [5.41, 5.74) is 0.974. The lowest BCUT2D eigenvalue weighted by Gasteiger charge is -2.07. The van der Waals surface area contributed by atoms with Crippen LogP contribution >= 0.6 is 27.7 Å². The first-order valence-corrected chi connectivity index (χ1v) is 7.72. The summed E-state index contributed by atoms with van der Waals surface area (Å²) in [7, 11) is 0. The topological polar surface area (TPSA) is 12.0 Å². The second kappa shape index (κ2) is 7.08. The predicted molar refractivity (Wildman–Crippen MR) is 82.0 cm³/mol. The van der Waals surface area contributed by atoms with Crippen LogP contribution in [0.5, 0.6) is 0 Å². The van der Waals surface area contributed by atoms with Crippen molar-refractivity contribution in [3.05, 3.63) is 58.3 Å². The second-order valence-corrected chi connectivity index (χ2v) is 6.19. The van der Waals surface area contributed by atoms with Crippen LogP contribution in [-0.4, -0.2) is 6.54 Å². The van der Waals surface area contributed by atoms with Crippen LogP contribution in [-0.2, 0) is 6.54 Å². The SMILES string of the molecule is CCNCc1cc(F)cc(Sc2ccc(Br)cc2)c1. The van der Waals surface area contributed by atoms with Gasteiger partial charge in [0.1, 0.15) is 5.82 Å². The molecule has 0 saturated carbocycles. The number of nitrogens with one attached hydrogen (secondary N) is 1. The molecule has 0 amide bonds. The van der Waals surface area contributed by atoms with Crippen LogP contribution in [0.2, 0.25) is 0 Å². The summed E-state index contributed by atoms with van der Waals surface area (Å²) in [5.74, 6) is -0.185. The van der Waals surface area contributed by atoms with E-state index in [2.05, 4.69) is 21.2 Å². The van der Waals surface area contributed by atoms with Crippen LogP contribution < -0.4 is 5.32 Å². The highest BCUT2D eigenvalue weighted by atomic mass is 79.9. The Balaban J connectivity index is 2.15. The summed E-state index contributed by atoms with van der Waals surface area (Å²) in [6, 6.07) is 13.2. The molecule has 0 bridgehead atoms. The highest BCUT2D eigenvalue weighted by molar-refractivity contribution is 9.10. The van der Waals surface area contributed by atoms with Gasteiger partial charge >= 0.3 is 0 Å². The minimum atomic E-state index is -0.185. The molecule has 0 unspecified atom stereocenters. The summed E-state index contributed by atoms with van der Waals surface area (Å²) < 4.78 is 14.6. The number of benzene rings is 2. The zero-order valence-electron chi connectivity index (χ0n) is 10.6. The molecular weight excluding hydrogens is 325 g/mol. The normalized spacial score (nSPS) is 10.7. The molecule has 1 N–H and O–H groups in total. The Morgan fingerprint density at radius 1 is 1.11 bits per heavy atom. The van der Waals surface area contributed by atoms with Crippen LogP contribution in [0.1, 0.15) is 12.5 Å². The van der Waals surface area contributed by atoms with Gasteiger partial charge in [-0.1, -0.05) is 34.6 Å². The fourth-order valence-corrected chi connectivity index (χ4v) is 2.88. The van der Waals surface area contributed by atoms with Gasteiger partial charge in [0.15, 0.2) is 0 Å². The van der Waals surface area contributed by atoms with Crippen LogP contribution in [0, 0.1) is 5.82 Å². The first-order valence-electron chi connectivity index (χ1n) is 6.11. The van der Waals surface area contributed by atoms with Gasteiger partial charge in [-0.3, -0.25) is 0 Å². The van der Waals surface area contributed by atoms with E-state index in [9.17, 15) is 4.39 Å². The Hall–Kier alpha value is -0.840. The van der Waals surface area contributed by atoms with Crippen molar-refractivity contribution in [3.63, 3.8) is 0 Å². The lowest BCUT2D eigenvalue weighted by atomic mass is 10.2. The smallest absolute Gasteiger partial charge is 0.124 e. The van der Waals surface area contributed by atoms with E-state index in [4.69, 9.17) is 0 Å². The third-order valence-electron chi connectivity index (χ3n) is 2.56. The molecule has 2 rings (SSSR count). The fraction of sp³-hybridized carbons (Fsp3) is 0.200. The van der Waals surface area contributed by atoms with Crippen molar-refractivity contribution in [2.75, 3.05) is 6.54 Å². The molecule has 1 nitrogen and oxygen atoms in total. The van der Waals surface area contributed by atoms with Crippen molar-refractivity contribution >= 4 is 27.7 Å². The van der Waals surface area contributed by atoms with E-state index in [1.54, 1.807) is 23.9 Å². The van der Waals surface area contributed by atoms with Gasteiger partial charge in [-0.2, -0.15) is 0 Å². The number of hydrogen-bond donors (Lipinski definition) is 1. The monoisotopic (exact) mass is 339 g/mol. The molecule has 0 atom stereocenters. The van der Waals surface area contributed by atoms with Gasteiger partial charge in [0.2, 0.25) is 0 Å². The maximum Gasteiger partial charge on any atom is 0.124 e. The van der Waals surface area contributed by atoms with Gasteiger partial charge < -0.3 is 5.32 Å². The summed E-state index contributed by atoms with van der Waals surface area (Å²) in [4.78, 5) is 2.03. The van der Waals surface area contributed by atoms with Crippen molar-refractivity contribution in [1.29, 1.82) is 0 Å². The Bertz CT molecular complexity index is 542. The van der Waals surface area contributed by atoms with Crippen LogP contribution in [0.4, 0.5) is 4.39 Å². The van der Waals surface area contributed by atoms with E-state index < -0.39 is 0 Å². The molecule has 0 fully saturated rings. The lowest BCUT2D eigenvalue weighted by Crippen LogP contribution is -2.11. The maximum absolute atomic E-state index is 13.6. The average molecular weight is 340 g/mol. The Morgan fingerprint density at radius 3 is 2.53 bits per heavy atom. The van der Waals surface area contributed by atoms with Gasteiger partial charge in [-0.15, -0.1) is 0 Å². The van der Waals surface area contributed by atoms with Crippen molar-refractivity contribution in [1.82, 2.24) is 5.32 Å². The number of rotatable bonds is 5. The maximum atomic E-state index is 13.6. The van der Waals surface area contributed by atoms with Crippen molar-refractivity contribution in [2.45, 2.75) is 23.3 Å². The first kappa shape index (κ1) is 14.6. The van der Waals surface area contributed by atoms with Gasteiger partial charge in [0, 0.05) is 20.8 Å². The average Bonchev–Trinajstić information content (AvgIpc) is 2.38. The van der Waals surface area contributed by atoms with Gasteiger partial charge in [0.05, 0.1) is 0 Å². The molecule has 100 valence electrons. The van der Waals surface area contributed by atoms with E-state index >= 15 is 0 Å². The molecule has 2 aromatic carbocycles. The lowest BCUT2D eigenvalue weighted by molar-refractivity contribution is 0.617. The standard InChI is InChI=1S/C15H15BrFNS/c1-2-18-10-11-7-13(17)9-15(8-11)19-14-5-3-12(16)4-6-14/h3-9,18H,2,10H2,1H3. The molecule has 4 heteroatoms. The highest BCUT2D eigenvalue weighted by Crippen LogP contribution is 2.29. The summed E-state index contributed by atoms with van der Waals surface area (Å²) in [6.07, 6.45) is 0. The second-order valence-electron chi connectivity index (χ2n) is 4.13. The Morgan fingerprint density at radius 2 is 1.84 bits per heavy atom. The summed E-state index contributed by atoms with van der Waals surface area (Å²) in [6.45, 7) is 3.62. The molecule has 0 spiro atoms. The molecule has 0 aliphatic carbocycles. The van der Waals surface area contributed by atoms with Gasteiger partial charge in [-0.05, 0) is 54.6 Å². The quantitative estimate of drug-likeness (QED) is 0.835. The predicted octanol–water partition coefficient (Wildman–Crippen LogP) is 4.85. The minimum Gasteiger partial charge on any atom is -0.313 e. The van der Waals surface area contributed by atoms with E-state index in [-0.39, 0.29) is 5.82 Å². The Labute approximate surface area is 125 Å². The van der Waals surface area contributed by atoms with Crippen LogP contribution in [0.25, 0.3) is 0 Å². The zero-order chi connectivity index (χ0) is 13.7. The van der Waals surface area contributed by atoms with E-state index in [1.165, 1.54) is 0 Å². The molecule has 0 heterocycles. The molecule has 0 aliphatic heterocycles. The first-order chi connectivity index (χ1) is 9.17.